The zero-order valence-electron chi connectivity index (χ0n) is 31.9. The molecular formula is C43H57NO7Si. The molecule has 0 radical (unpaired) electrons. The topological polar surface area (TPSA) is 75.7 Å². The van der Waals surface area contributed by atoms with E-state index < -0.39 is 13.7 Å². The average molecular weight is 728 g/mol. The van der Waals surface area contributed by atoms with Crippen LogP contribution in [-0.2, 0) is 32.2 Å². The van der Waals surface area contributed by atoms with Crippen molar-refractivity contribution >= 4 is 24.9 Å². The summed E-state index contributed by atoms with van der Waals surface area (Å²) in [5.74, 6) is 1.72. The lowest BCUT2D eigenvalue weighted by molar-refractivity contribution is -0.0359. The third kappa shape index (κ3) is 13.0. The third-order valence-corrected chi connectivity index (χ3v) is 10.7. The van der Waals surface area contributed by atoms with Gasteiger partial charge >= 0.3 is 6.09 Å². The molecule has 4 aromatic rings. The van der Waals surface area contributed by atoms with Crippen molar-refractivity contribution in [1.29, 1.82) is 0 Å². The van der Waals surface area contributed by atoms with E-state index in [2.05, 4.69) is 74.2 Å². The molecule has 0 aromatic heterocycles. The first-order chi connectivity index (χ1) is 24.9. The van der Waals surface area contributed by atoms with Crippen LogP contribution in [0.2, 0.25) is 25.7 Å². The van der Waals surface area contributed by atoms with E-state index in [1.165, 1.54) is 11.1 Å². The SMILES string of the molecule is CC(C)(C)OC(=O)N1CCC(c2ccc(OCCCOCc3ccccc3)cc2)C(OCc2ccc3ccc(OCOCC[Si](C)(C)C)cc3c2)C1. The maximum absolute atomic E-state index is 13.1. The van der Waals surface area contributed by atoms with Crippen LogP contribution in [0.1, 0.15) is 56.2 Å². The van der Waals surface area contributed by atoms with Gasteiger partial charge in [-0.3, -0.25) is 0 Å². The van der Waals surface area contributed by atoms with Crippen LogP contribution in [-0.4, -0.2) is 70.5 Å². The second kappa shape index (κ2) is 18.7. The van der Waals surface area contributed by atoms with Crippen molar-refractivity contribution in [1.82, 2.24) is 4.90 Å². The number of hydrogen-bond donors (Lipinski definition) is 0. The summed E-state index contributed by atoms with van der Waals surface area (Å²) in [6.45, 7) is 17.0. The molecule has 0 saturated carbocycles. The van der Waals surface area contributed by atoms with Crippen molar-refractivity contribution in [2.24, 2.45) is 0 Å². The number of likely N-dealkylation sites (tertiary alicyclic amines) is 1. The standard InChI is InChI=1S/C43H57NO7Si/c1-43(2,3)51-42(45)44-22-21-40(36-16-18-38(19-17-36)48-24-10-23-46-30-33-11-8-7-9-12-33)41(29-44)49-31-34-13-14-35-15-20-39(28-37(35)27-34)50-32-47-25-26-52(4,5)6/h7-9,11-20,27-28,40-41H,10,21-26,29-32H2,1-6H3. The largest absolute Gasteiger partial charge is 0.494 e. The predicted octanol–water partition coefficient (Wildman–Crippen LogP) is 9.83. The second-order valence-electron chi connectivity index (χ2n) is 15.8. The molecule has 8 nitrogen and oxygen atoms in total. The smallest absolute Gasteiger partial charge is 0.410 e. The molecule has 52 heavy (non-hydrogen) atoms. The van der Waals surface area contributed by atoms with Gasteiger partial charge < -0.3 is 33.3 Å². The van der Waals surface area contributed by atoms with Gasteiger partial charge in [0.05, 0.1) is 39.1 Å². The number of rotatable bonds is 17. The molecule has 5 rings (SSSR count). The molecule has 1 heterocycles. The van der Waals surface area contributed by atoms with Gasteiger partial charge in [0.15, 0.2) is 6.79 Å². The van der Waals surface area contributed by atoms with Crippen LogP contribution in [0, 0.1) is 0 Å². The number of fused-ring (bicyclic) bond motifs is 1. The van der Waals surface area contributed by atoms with Crippen LogP contribution in [0.15, 0.2) is 91.0 Å². The quantitative estimate of drug-likeness (QED) is 0.0609. The van der Waals surface area contributed by atoms with Crippen LogP contribution in [0.4, 0.5) is 4.79 Å². The third-order valence-electron chi connectivity index (χ3n) is 8.98. The highest BCUT2D eigenvalue weighted by Gasteiger charge is 2.35. The van der Waals surface area contributed by atoms with E-state index in [0.29, 0.717) is 39.5 Å². The van der Waals surface area contributed by atoms with Crippen LogP contribution >= 0.6 is 0 Å². The Balaban J connectivity index is 1.18. The van der Waals surface area contributed by atoms with E-state index >= 15 is 0 Å². The molecule has 2 unspecified atom stereocenters. The minimum atomic E-state index is -1.14. The maximum atomic E-state index is 13.1. The molecule has 1 amide bonds. The molecule has 280 valence electrons. The van der Waals surface area contributed by atoms with Gasteiger partial charge in [-0.25, -0.2) is 4.79 Å². The normalized spacial score (nSPS) is 16.5. The summed E-state index contributed by atoms with van der Waals surface area (Å²) in [6.07, 6.45) is 1.05. The number of piperidine rings is 1. The molecule has 0 N–H and O–H groups in total. The zero-order chi connectivity index (χ0) is 37.0. The number of hydrogen-bond acceptors (Lipinski definition) is 7. The Labute approximate surface area is 311 Å². The predicted molar refractivity (Wildman–Crippen MR) is 210 cm³/mol. The van der Waals surface area contributed by atoms with Crippen LogP contribution in [0.25, 0.3) is 10.8 Å². The summed E-state index contributed by atoms with van der Waals surface area (Å²) in [7, 11) is -1.14. The van der Waals surface area contributed by atoms with Crippen molar-refractivity contribution in [3.05, 3.63) is 108 Å². The van der Waals surface area contributed by atoms with Crippen molar-refractivity contribution in [2.75, 3.05) is 39.7 Å². The first-order valence-electron chi connectivity index (χ1n) is 18.6. The lowest BCUT2D eigenvalue weighted by atomic mass is 9.87. The minimum absolute atomic E-state index is 0.112. The lowest BCUT2D eigenvalue weighted by Crippen LogP contribution is -2.48. The van der Waals surface area contributed by atoms with Gasteiger partial charge in [-0.05, 0) is 91.0 Å². The number of nitrogens with zero attached hydrogens (tertiary/aromatic N) is 1. The van der Waals surface area contributed by atoms with E-state index in [4.69, 9.17) is 28.4 Å². The van der Waals surface area contributed by atoms with Gasteiger partial charge in [-0.15, -0.1) is 0 Å². The summed E-state index contributed by atoms with van der Waals surface area (Å²) in [5.41, 5.74) is 2.83. The first kappa shape index (κ1) is 39.3. The average Bonchev–Trinajstić information content (AvgIpc) is 3.11. The molecule has 0 aliphatic carbocycles. The van der Waals surface area contributed by atoms with E-state index in [9.17, 15) is 4.79 Å². The highest BCUT2D eigenvalue weighted by atomic mass is 28.3. The molecule has 2 atom stereocenters. The monoisotopic (exact) mass is 727 g/mol. The molecule has 1 fully saturated rings. The first-order valence-corrected chi connectivity index (χ1v) is 22.3. The number of carbonyl (C=O) groups excluding carboxylic acids is 1. The Morgan fingerprint density at radius 1 is 0.769 bits per heavy atom. The minimum Gasteiger partial charge on any atom is -0.494 e. The van der Waals surface area contributed by atoms with E-state index in [1.54, 1.807) is 4.90 Å². The molecule has 1 saturated heterocycles. The van der Waals surface area contributed by atoms with Gasteiger partial charge in [0.1, 0.15) is 17.1 Å². The van der Waals surface area contributed by atoms with Gasteiger partial charge in [0.2, 0.25) is 0 Å². The second-order valence-corrected chi connectivity index (χ2v) is 21.4. The fourth-order valence-corrected chi connectivity index (χ4v) is 6.85. The van der Waals surface area contributed by atoms with Gasteiger partial charge in [-0.2, -0.15) is 0 Å². The van der Waals surface area contributed by atoms with Gasteiger partial charge in [-0.1, -0.05) is 80.3 Å². The summed E-state index contributed by atoms with van der Waals surface area (Å²) < 4.78 is 35.9. The van der Waals surface area contributed by atoms with Crippen LogP contribution in [0.3, 0.4) is 0 Å². The van der Waals surface area contributed by atoms with Crippen molar-refractivity contribution < 1.29 is 33.2 Å². The Morgan fingerprint density at radius 2 is 1.52 bits per heavy atom. The highest BCUT2D eigenvalue weighted by molar-refractivity contribution is 6.76. The summed E-state index contributed by atoms with van der Waals surface area (Å²) in [5, 5.41) is 2.21. The van der Waals surface area contributed by atoms with Gasteiger partial charge in [0.25, 0.3) is 0 Å². The lowest BCUT2D eigenvalue weighted by Gasteiger charge is -2.39. The number of benzene rings is 4. The fraction of sp³-hybridized carbons (Fsp3) is 0.465. The maximum Gasteiger partial charge on any atom is 0.410 e. The van der Waals surface area contributed by atoms with Gasteiger partial charge in [0, 0.05) is 33.6 Å². The van der Waals surface area contributed by atoms with Crippen molar-refractivity contribution in [3.63, 3.8) is 0 Å². The highest BCUT2D eigenvalue weighted by Crippen LogP contribution is 2.33. The van der Waals surface area contributed by atoms with E-state index in [0.717, 1.165) is 53.3 Å². The van der Waals surface area contributed by atoms with Crippen LogP contribution < -0.4 is 9.47 Å². The molecule has 1 aliphatic rings. The molecular weight excluding hydrogens is 671 g/mol. The Morgan fingerprint density at radius 3 is 2.27 bits per heavy atom. The van der Waals surface area contributed by atoms with E-state index in [-0.39, 0.29) is 24.9 Å². The fourth-order valence-electron chi connectivity index (χ4n) is 6.09. The molecule has 0 spiro atoms. The number of amides is 1. The van der Waals surface area contributed by atoms with Crippen molar-refractivity contribution in [2.45, 2.75) is 90.1 Å². The molecule has 0 bridgehead atoms. The van der Waals surface area contributed by atoms with Crippen LogP contribution in [0.5, 0.6) is 11.5 Å². The Kier molecular flexibility index (Phi) is 14.2. The van der Waals surface area contributed by atoms with Crippen molar-refractivity contribution in [3.8, 4) is 11.5 Å². The summed E-state index contributed by atoms with van der Waals surface area (Å²) in [6, 6.07) is 32.1. The Bertz CT molecular complexity index is 1680. The number of ether oxygens (including phenoxy) is 6. The summed E-state index contributed by atoms with van der Waals surface area (Å²) >= 11 is 0. The number of carbonyl (C=O) groups is 1. The Hall–Kier alpha value is -3.89. The zero-order valence-corrected chi connectivity index (χ0v) is 32.9. The molecule has 1 aliphatic heterocycles. The molecule has 9 heteroatoms. The van der Waals surface area contributed by atoms with E-state index in [1.807, 2.05) is 57.2 Å². The summed E-state index contributed by atoms with van der Waals surface area (Å²) in [4.78, 5) is 14.9. The molecule has 4 aromatic carbocycles.